The second-order valence-corrected chi connectivity index (χ2v) is 8.31. The van der Waals surface area contributed by atoms with Gasteiger partial charge in [0.05, 0.1) is 6.54 Å². The van der Waals surface area contributed by atoms with Crippen molar-refractivity contribution in [2.45, 2.75) is 25.8 Å². The molecule has 1 spiro atoms. The lowest BCUT2D eigenvalue weighted by Crippen LogP contribution is -2.44. The number of hydrogen-bond acceptors (Lipinski definition) is 2. The van der Waals surface area contributed by atoms with Gasteiger partial charge in [-0.3, -0.25) is 4.99 Å². The molecule has 4 heteroatoms. The van der Waals surface area contributed by atoms with Crippen LogP contribution in [0.5, 0.6) is 0 Å². The van der Waals surface area contributed by atoms with Gasteiger partial charge in [-0.2, -0.15) is 11.8 Å². The van der Waals surface area contributed by atoms with Gasteiger partial charge in [0.2, 0.25) is 0 Å². The number of nitrogens with zero attached hydrogens (tertiary/aromatic N) is 1. The van der Waals surface area contributed by atoms with Crippen LogP contribution in [0.15, 0.2) is 53.5 Å². The number of nitrogens with one attached hydrogen (secondary N) is 1. The highest BCUT2D eigenvalue weighted by molar-refractivity contribution is 7.99. The summed E-state index contributed by atoms with van der Waals surface area (Å²) in [5.74, 6) is 3.61. The van der Waals surface area contributed by atoms with Crippen molar-refractivity contribution in [3.8, 4) is 0 Å². The number of aliphatic imine (C=N–C) groups is 1. The number of rotatable bonds is 2. The Morgan fingerprint density at radius 3 is 2.75 bits per heavy atom. The van der Waals surface area contributed by atoms with Gasteiger partial charge in [0.25, 0.3) is 0 Å². The lowest BCUT2D eigenvalue weighted by atomic mass is 9.73. The van der Waals surface area contributed by atoms with Crippen molar-refractivity contribution >= 4 is 34.9 Å². The summed E-state index contributed by atoms with van der Waals surface area (Å²) in [4.78, 5) is 5.01. The van der Waals surface area contributed by atoms with E-state index < -0.39 is 0 Å². The Morgan fingerprint density at radius 1 is 1.08 bits per heavy atom. The molecule has 24 heavy (non-hydrogen) atoms. The summed E-state index contributed by atoms with van der Waals surface area (Å²) in [6.07, 6.45) is 3.51. The van der Waals surface area contributed by atoms with Gasteiger partial charge in [-0.25, -0.2) is 0 Å². The van der Waals surface area contributed by atoms with E-state index in [2.05, 4.69) is 47.4 Å². The molecule has 1 fully saturated rings. The van der Waals surface area contributed by atoms with Crippen LogP contribution in [-0.2, 0) is 13.0 Å². The van der Waals surface area contributed by atoms with Crippen LogP contribution in [0, 0.1) is 5.41 Å². The van der Waals surface area contributed by atoms with E-state index in [0.717, 1.165) is 17.0 Å². The first-order valence-corrected chi connectivity index (χ1v) is 10.0. The normalized spacial score (nSPS) is 20.6. The third kappa shape index (κ3) is 3.20. The maximum absolute atomic E-state index is 6.11. The molecule has 0 radical (unpaired) electrons. The number of para-hydroxylation sites is 1. The van der Waals surface area contributed by atoms with Crippen LogP contribution in [0.2, 0.25) is 5.02 Å². The maximum Gasteiger partial charge on any atom is 0.108 e. The highest BCUT2D eigenvalue weighted by Crippen LogP contribution is 2.44. The molecule has 0 unspecified atom stereocenters. The number of amidine groups is 1. The second-order valence-electron chi connectivity index (χ2n) is 6.65. The Balaban J connectivity index is 1.66. The Morgan fingerprint density at radius 2 is 1.92 bits per heavy atom. The minimum absolute atomic E-state index is 0.179. The van der Waals surface area contributed by atoms with E-state index in [-0.39, 0.29) is 5.41 Å². The van der Waals surface area contributed by atoms with Gasteiger partial charge in [0.15, 0.2) is 0 Å². The molecule has 124 valence electrons. The number of thioether (sulfide) groups is 1. The molecule has 4 rings (SSSR count). The highest BCUT2D eigenvalue weighted by Gasteiger charge is 2.41. The molecule has 0 saturated carbocycles. The molecular weight excluding hydrogens is 336 g/mol. The smallest absolute Gasteiger partial charge is 0.108 e. The lowest BCUT2D eigenvalue weighted by Gasteiger charge is -2.42. The Hall–Kier alpha value is -1.45. The van der Waals surface area contributed by atoms with Crippen LogP contribution < -0.4 is 5.32 Å². The van der Waals surface area contributed by atoms with Crippen LogP contribution in [0.25, 0.3) is 0 Å². The van der Waals surface area contributed by atoms with E-state index in [1.807, 2.05) is 18.2 Å². The number of hydrogen-bond donors (Lipinski definition) is 1. The van der Waals surface area contributed by atoms with Crippen LogP contribution in [0.3, 0.4) is 0 Å². The van der Waals surface area contributed by atoms with Crippen LogP contribution in [0.4, 0.5) is 5.69 Å². The molecule has 0 aliphatic carbocycles. The third-order valence-electron chi connectivity index (χ3n) is 5.06. The molecule has 2 aromatic rings. The predicted molar refractivity (Wildman–Crippen MR) is 105 cm³/mol. The maximum atomic E-state index is 6.11. The first-order valence-electron chi connectivity index (χ1n) is 8.47. The van der Waals surface area contributed by atoms with Gasteiger partial charge in [-0.05, 0) is 60.1 Å². The quantitative estimate of drug-likeness (QED) is 0.776. The largest absolute Gasteiger partial charge is 0.343 e. The van der Waals surface area contributed by atoms with E-state index in [4.69, 9.17) is 16.6 Å². The number of benzene rings is 2. The van der Waals surface area contributed by atoms with Crippen LogP contribution in [-0.4, -0.2) is 17.3 Å². The van der Waals surface area contributed by atoms with Gasteiger partial charge in [-0.1, -0.05) is 41.9 Å². The summed E-state index contributed by atoms with van der Waals surface area (Å²) < 4.78 is 0. The van der Waals surface area contributed by atoms with Crippen molar-refractivity contribution in [1.82, 2.24) is 0 Å². The summed E-state index contributed by atoms with van der Waals surface area (Å²) in [5, 5.41) is 4.43. The van der Waals surface area contributed by atoms with E-state index in [9.17, 15) is 0 Å². The Bertz CT molecular complexity index is 766. The van der Waals surface area contributed by atoms with E-state index in [0.29, 0.717) is 6.54 Å². The van der Waals surface area contributed by atoms with Crippen molar-refractivity contribution in [3.05, 3.63) is 64.7 Å². The monoisotopic (exact) mass is 356 g/mol. The molecule has 2 aliphatic heterocycles. The molecule has 0 aromatic heterocycles. The molecule has 0 bridgehead atoms. The van der Waals surface area contributed by atoms with Crippen LogP contribution >= 0.6 is 23.4 Å². The fourth-order valence-electron chi connectivity index (χ4n) is 3.69. The molecule has 2 aromatic carbocycles. The Kier molecular flexibility index (Phi) is 4.55. The van der Waals surface area contributed by atoms with E-state index in [1.54, 1.807) is 0 Å². The molecule has 2 nitrogen and oxygen atoms in total. The molecule has 1 N–H and O–H groups in total. The summed E-state index contributed by atoms with van der Waals surface area (Å²) in [5.41, 5.74) is 3.98. The fourth-order valence-corrected chi connectivity index (χ4v) is 5.18. The minimum Gasteiger partial charge on any atom is -0.343 e. The predicted octanol–water partition coefficient (Wildman–Crippen LogP) is 5.42. The van der Waals surface area contributed by atoms with Crippen molar-refractivity contribution in [2.75, 3.05) is 16.8 Å². The average Bonchev–Trinajstić information content (AvgIpc) is 2.61. The number of anilines is 1. The van der Waals surface area contributed by atoms with E-state index in [1.165, 1.54) is 41.4 Å². The molecule has 1 saturated heterocycles. The zero-order chi connectivity index (χ0) is 16.4. The first kappa shape index (κ1) is 16.0. The average molecular weight is 357 g/mol. The van der Waals surface area contributed by atoms with Crippen LogP contribution in [0.1, 0.15) is 24.0 Å². The van der Waals surface area contributed by atoms with Crippen molar-refractivity contribution in [1.29, 1.82) is 0 Å². The summed E-state index contributed by atoms with van der Waals surface area (Å²) in [7, 11) is 0. The van der Waals surface area contributed by atoms with Crippen molar-refractivity contribution in [2.24, 2.45) is 10.4 Å². The molecule has 2 heterocycles. The van der Waals surface area contributed by atoms with E-state index >= 15 is 0 Å². The minimum atomic E-state index is 0.179. The standard InChI is InChI=1S/C20H21ClN2S/c21-17-6-3-4-15(12-17)14-22-19-20(8-10-24-11-9-20)13-16-5-1-2-7-18(16)23-19/h1-7,12H,8-11,13-14H2,(H,22,23). The first-order chi connectivity index (χ1) is 11.8. The molecular formula is C20H21ClN2S. The van der Waals surface area contributed by atoms with Crippen molar-refractivity contribution < 1.29 is 0 Å². The molecule has 2 aliphatic rings. The van der Waals surface area contributed by atoms with Gasteiger partial charge >= 0.3 is 0 Å². The zero-order valence-corrected chi connectivity index (χ0v) is 15.2. The lowest BCUT2D eigenvalue weighted by molar-refractivity contribution is 0.377. The SMILES string of the molecule is Clc1cccc(CN=C2Nc3ccccc3CC23CCSCC3)c1. The second kappa shape index (κ2) is 6.81. The number of fused-ring (bicyclic) bond motifs is 1. The summed E-state index contributed by atoms with van der Waals surface area (Å²) in [6, 6.07) is 16.6. The number of halogens is 1. The Labute approximate surface area is 152 Å². The van der Waals surface area contributed by atoms with Crippen molar-refractivity contribution in [3.63, 3.8) is 0 Å². The van der Waals surface area contributed by atoms with Gasteiger partial charge in [0.1, 0.15) is 5.84 Å². The molecule has 0 amide bonds. The third-order valence-corrected chi connectivity index (χ3v) is 6.28. The summed E-state index contributed by atoms with van der Waals surface area (Å²) >= 11 is 8.17. The zero-order valence-electron chi connectivity index (χ0n) is 13.6. The fraction of sp³-hybridized carbons (Fsp3) is 0.350. The highest BCUT2D eigenvalue weighted by atomic mass is 35.5. The van der Waals surface area contributed by atoms with Gasteiger partial charge < -0.3 is 5.32 Å². The van der Waals surface area contributed by atoms with Gasteiger partial charge in [-0.15, -0.1) is 0 Å². The van der Waals surface area contributed by atoms with Gasteiger partial charge in [0, 0.05) is 16.1 Å². The topological polar surface area (TPSA) is 24.4 Å². The summed E-state index contributed by atoms with van der Waals surface area (Å²) in [6.45, 7) is 0.681. The molecule has 0 atom stereocenters.